The van der Waals surface area contributed by atoms with Gasteiger partial charge >= 0.3 is 0 Å². The number of nitrogens with two attached hydrogens (primary N) is 1. The van der Waals surface area contributed by atoms with Crippen molar-refractivity contribution in [1.29, 1.82) is 0 Å². The second-order valence-electron chi connectivity index (χ2n) is 2.38. The van der Waals surface area contributed by atoms with E-state index in [2.05, 4.69) is 0 Å². The fraction of sp³-hybridized carbons (Fsp3) is 0.333. The van der Waals surface area contributed by atoms with Crippen molar-refractivity contribution in [3.05, 3.63) is 23.8 Å². The highest BCUT2D eigenvalue weighted by molar-refractivity contribution is 5.42. The zero-order valence-corrected chi connectivity index (χ0v) is 7.11. The summed E-state index contributed by atoms with van der Waals surface area (Å²) in [6.45, 7) is -2.63. The van der Waals surface area contributed by atoms with E-state index >= 15 is 0 Å². The number of methoxy groups -OCH3 is 1. The third-order valence-electron chi connectivity index (χ3n) is 1.59. The van der Waals surface area contributed by atoms with Crippen LogP contribution in [0.3, 0.4) is 0 Å². The molecule has 0 bridgehead atoms. The average Bonchev–Trinajstić information content (AvgIpc) is 2.16. The van der Waals surface area contributed by atoms with Crippen LogP contribution in [0.25, 0.3) is 0 Å². The lowest BCUT2D eigenvalue weighted by Gasteiger charge is -2.10. The molecular formula is C9H13NO3. The fourth-order valence-electron chi connectivity index (χ4n) is 0.908. The Labute approximate surface area is 80.8 Å². The number of hydrogen-bond acceptors (Lipinski definition) is 4. The molecule has 4 N–H and O–H groups in total. The van der Waals surface area contributed by atoms with Gasteiger partial charge in [-0.1, -0.05) is 6.07 Å². The summed E-state index contributed by atoms with van der Waals surface area (Å²) in [5.41, 5.74) is 4.97. The monoisotopic (exact) mass is 186 g/mol. The van der Waals surface area contributed by atoms with E-state index in [4.69, 9.17) is 14.6 Å². The molecule has 1 rings (SSSR count). The maximum atomic E-state index is 9.66. The first-order valence-electron chi connectivity index (χ1n) is 5.09. The molecule has 0 fully saturated rings. The molecule has 1 unspecified atom stereocenters. The van der Waals surface area contributed by atoms with Gasteiger partial charge in [0.15, 0.2) is 11.5 Å². The van der Waals surface area contributed by atoms with Crippen molar-refractivity contribution in [3.8, 4) is 11.5 Å². The van der Waals surface area contributed by atoms with Crippen LogP contribution < -0.4 is 10.5 Å². The predicted molar refractivity (Wildman–Crippen MR) is 48.7 cm³/mol. The van der Waals surface area contributed by atoms with Crippen LogP contribution in [0.2, 0.25) is 0 Å². The van der Waals surface area contributed by atoms with Gasteiger partial charge in [-0.25, -0.2) is 0 Å². The molecule has 1 atom stereocenters. The zero-order valence-electron chi connectivity index (χ0n) is 10.1. The molecule has 0 aliphatic carbocycles. The number of aliphatic hydroxyl groups is 1. The Balaban J connectivity index is 3.24. The fourth-order valence-corrected chi connectivity index (χ4v) is 0.908. The summed E-state index contributed by atoms with van der Waals surface area (Å²) in [5, 5.41) is 19.0. The molecule has 1 aromatic rings. The number of rotatable bonds is 3. The van der Waals surface area contributed by atoms with E-state index in [1.54, 1.807) is 0 Å². The first-order chi connectivity index (χ1) is 7.20. The number of hydrogen-bond donors (Lipinski definition) is 3. The summed E-state index contributed by atoms with van der Waals surface area (Å²) in [5.74, 6) is -0.132. The molecule has 13 heavy (non-hydrogen) atoms. The van der Waals surface area contributed by atoms with E-state index in [-0.39, 0.29) is 17.1 Å². The van der Waals surface area contributed by atoms with Gasteiger partial charge in [0.05, 0.1) is 14.6 Å². The number of aromatic hydroxyl groups is 1. The first-order valence-corrected chi connectivity index (χ1v) is 3.59. The van der Waals surface area contributed by atoms with Crippen molar-refractivity contribution in [3.63, 3.8) is 0 Å². The summed E-state index contributed by atoms with van der Waals surface area (Å²) in [6.07, 6.45) is -2.62. The lowest BCUT2D eigenvalue weighted by Crippen LogP contribution is -2.11. The Hall–Kier alpha value is -1.26. The Kier molecular flexibility index (Phi) is 1.97. The lowest BCUT2D eigenvalue weighted by atomic mass is 10.1. The maximum absolute atomic E-state index is 9.66. The summed E-state index contributed by atoms with van der Waals surface area (Å²) < 4.78 is 26.6. The molecular weight excluding hydrogens is 170 g/mol. The average molecular weight is 186 g/mol. The van der Waals surface area contributed by atoms with Gasteiger partial charge in [0, 0.05) is 9.24 Å². The molecule has 0 saturated heterocycles. The van der Waals surface area contributed by atoms with Gasteiger partial charge in [0.25, 0.3) is 0 Å². The predicted octanol–water partition coefficient (Wildman–Crippen LogP) is 0.393. The molecule has 1 aromatic carbocycles. The van der Waals surface area contributed by atoms with E-state index in [0.717, 1.165) is 6.07 Å². The van der Waals surface area contributed by atoms with Gasteiger partial charge in [-0.15, -0.1) is 0 Å². The second kappa shape index (κ2) is 4.11. The quantitative estimate of drug-likeness (QED) is 0.638. The highest BCUT2D eigenvalue weighted by Gasteiger charge is 2.08. The molecule has 0 aromatic heterocycles. The maximum Gasteiger partial charge on any atom is 0.160 e. The van der Waals surface area contributed by atoms with E-state index in [1.807, 2.05) is 0 Å². The van der Waals surface area contributed by atoms with Gasteiger partial charge in [-0.05, 0) is 17.7 Å². The van der Waals surface area contributed by atoms with Crippen LogP contribution in [0.4, 0.5) is 0 Å². The topological polar surface area (TPSA) is 75.7 Å². The Morgan fingerprint density at radius 1 is 1.77 bits per heavy atom. The van der Waals surface area contributed by atoms with Gasteiger partial charge in [-0.2, -0.15) is 0 Å². The number of ether oxygens (including phenoxy) is 1. The van der Waals surface area contributed by atoms with Crippen LogP contribution in [0.1, 0.15) is 15.8 Å². The van der Waals surface area contributed by atoms with Crippen LogP contribution in [-0.4, -0.2) is 23.8 Å². The molecule has 0 amide bonds. The van der Waals surface area contributed by atoms with Gasteiger partial charge in [0.2, 0.25) is 0 Å². The minimum atomic E-state index is -2.63. The van der Waals surface area contributed by atoms with Crippen LogP contribution in [0, 0.1) is 0 Å². The molecule has 0 spiro atoms. The zero-order chi connectivity index (χ0) is 12.6. The standard InChI is InChI=1S/C9H13NO3/c1-13-9-4-6(8(12)5-10)2-3-7(9)11/h2-4,8,11-12H,5,10H2,1H3/i5D2,8D. The molecule has 72 valence electrons. The van der Waals surface area contributed by atoms with E-state index in [9.17, 15) is 10.2 Å². The molecule has 0 aliphatic heterocycles. The highest BCUT2D eigenvalue weighted by Crippen LogP contribution is 2.28. The lowest BCUT2D eigenvalue weighted by molar-refractivity contribution is 0.186. The molecule has 0 heterocycles. The molecule has 0 radical (unpaired) electrons. The molecule has 0 aliphatic rings. The second-order valence-corrected chi connectivity index (χ2v) is 2.38. The summed E-state index contributed by atoms with van der Waals surface area (Å²) in [4.78, 5) is 0. The summed E-state index contributed by atoms with van der Waals surface area (Å²) in [6, 6.07) is 3.56. The minimum Gasteiger partial charge on any atom is -0.504 e. The number of phenolic OH excluding ortho intramolecular Hbond substituents is 1. The van der Waals surface area contributed by atoms with Crippen molar-refractivity contribution in [2.24, 2.45) is 5.73 Å². The third kappa shape index (κ3) is 2.11. The normalized spacial score (nSPS) is 19.5. The van der Waals surface area contributed by atoms with Crippen molar-refractivity contribution >= 4 is 0 Å². The third-order valence-corrected chi connectivity index (χ3v) is 1.59. The summed E-state index contributed by atoms with van der Waals surface area (Å²) >= 11 is 0. The Morgan fingerprint density at radius 3 is 3.00 bits per heavy atom. The molecule has 0 saturated carbocycles. The van der Waals surface area contributed by atoms with Crippen LogP contribution in [0.15, 0.2) is 18.2 Å². The van der Waals surface area contributed by atoms with Gasteiger partial charge in [-0.3, -0.25) is 0 Å². The SMILES string of the molecule is [2H]C([2H])(N)C([2H])(O)c1ccc(O)c(OC)c1. The Morgan fingerprint density at radius 2 is 2.46 bits per heavy atom. The first kappa shape index (κ1) is 6.23. The minimum absolute atomic E-state index is 0.0347. The van der Waals surface area contributed by atoms with Crippen LogP contribution in [0.5, 0.6) is 11.5 Å². The van der Waals surface area contributed by atoms with E-state index < -0.39 is 12.6 Å². The smallest absolute Gasteiger partial charge is 0.160 e. The van der Waals surface area contributed by atoms with E-state index in [1.165, 1.54) is 19.2 Å². The molecule has 4 heteroatoms. The van der Waals surface area contributed by atoms with E-state index in [0.29, 0.717) is 0 Å². The van der Waals surface area contributed by atoms with Crippen molar-refractivity contribution in [2.45, 2.75) is 6.08 Å². The van der Waals surface area contributed by atoms with Gasteiger partial charge < -0.3 is 20.7 Å². The largest absolute Gasteiger partial charge is 0.504 e. The number of benzene rings is 1. The van der Waals surface area contributed by atoms with Gasteiger partial charge in [0.1, 0.15) is 0 Å². The number of phenols is 1. The molecule has 4 nitrogen and oxygen atoms in total. The van der Waals surface area contributed by atoms with Crippen LogP contribution >= 0.6 is 0 Å². The van der Waals surface area contributed by atoms with Crippen molar-refractivity contribution in [1.82, 2.24) is 0 Å². The summed E-state index contributed by atoms with van der Waals surface area (Å²) in [7, 11) is 1.30. The Bertz CT molecular complexity index is 390. The van der Waals surface area contributed by atoms with Crippen molar-refractivity contribution in [2.75, 3.05) is 13.6 Å². The van der Waals surface area contributed by atoms with Crippen molar-refractivity contribution < 1.29 is 19.1 Å². The van der Waals surface area contributed by atoms with Crippen LogP contribution in [-0.2, 0) is 0 Å². The highest BCUT2D eigenvalue weighted by atomic mass is 16.5.